The number of allylic oxidation sites excluding steroid dienone is 1. The Morgan fingerprint density at radius 2 is 1.60 bits per heavy atom. The first-order valence-corrected chi connectivity index (χ1v) is 11.2. The maximum atomic E-state index is 12.7. The summed E-state index contributed by atoms with van der Waals surface area (Å²) >= 11 is 12.1. The minimum atomic E-state index is -0.527. The van der Waals surface area contributed by atoms with E-state index >= 15 is 0 Å². The van der Waals surface area contributed by atoms with Gasteiger partial charge in [0.1, 0.15) is 6.04 Å². The van der Waals surface area contributed by atoms with Gasteiger partial charge in [-0.3, -0.25) is 20.2 Å². The molecule has 1 aliphatic rings. The highest BCUT2D eigenvalue weighted by Gasteiger charge is 2.26. The van der Waals surface area contributed by atoms with Crippen LogP contribution in [-0.4, -0.2) is 25.6 Å². The lowest BCUT2D eigenvalue weighted by molar-refractivity contribution is -0.384. The maximum absolute atomic E-state index is 12.7. The highest BCUT2D eigenvalue weighted by Crippen LogP contribution is 2.34. The van der Waals surface area contributed by atoms with Crippen molar-refractivity contribution in [3.05, 3.63) is 116 Å². The Bertz CT molecular complexity index is 1450. The van der Waals surface area contributed by atoms with Gasteiger partial charge >= 0.3 is 0 Å². The van der Waals surface area contributed by atoms with Crippen LogP contribution in [0.25, 0.3) is 5.70 Å². The molecule has 1 atom stereocenters. The van der Waals surface area contributed by atoms with E-state index in [9.17, 15) is 14.9 Å². The second kappa shape index (κ2) is 9.21. The third kappa shape index (κ3) is 4.72. The molecule has 0 bridgehead atoms. The number of hydrogen-bond donors (Lipinski definition) is 2. The van der Waals surface area contributed by atoms with E-state index in [1.807, 2.05) is 30.3 Å². The van der Waals surface area contributed by atoms with Crippen molar-refractivity contribution in [3.8, 4) is 0 Å². The topological polar surface area (TPSA) is 115 Å². The van der Waals surface area contributed by atoms with Crippen molar-refractivity contribution in [3.63, 3.8) is 0 Å². The zero-order valence-electron chi connectivity index (χ0n) is 17.9. The van der Waals surface area contributed by atoms with Gasteiger partial charge in [-0.2, -0.15) is 4.98 Å². The number of nitro benzene ring substituents is 1. The zero-order valence-corrected chi connectivity index (χ0v) is 19.4. The molecule has 3 aromatic carbocycles. The molecule has 0 unspecified atom stereocenters. The van der Waals surface area contributed by atoms with Crippen molar-refractivity contribution >= 4 is 52.4 Å². The summed E-state index contributed by atoms with van der Waals surface area (Å²) in [6.07, 6.45) is 2.00. The molecular weight excluding hydrogens is 491 g/mol. The van der Waals surface area contributed by atoms with E-state index in [0.717, 1.165) is 16.8 Å². The monoisotopic (exact) mass is 506 g/mol. The molecule has 11 heteroatoms. The molecule has 5 rings (SSSR count). The fourth-order valence-corrected chi connectivity index (χ4v) is 3.90. The third-order valence-electron chi connectivity index (χ3n) is 5.40. The van der Waals surface area contributed by atoms with E-state index in [4.69, 9.17) is 23.2 Å². The highest BCUT2D eigenvalue weighted by atomic mass is 35.5. The molecule has 0 saturated carbocycles. The number of halogens is 2. The summed E-state index contributed by atoms with van der Waals surface area (Å²) in [6.45, 7) is 0. The molecule has 0 radical (unpaired) electrons. The number of non-ortho nitro benzene ring substituents is 1. The van der Waals surface area contributed by atoms with Crippen LogP contribution in [0.5, 0.6) is 0 Å². The molecule has 0 aliphatic carbocycles. The summed E-state index contributed by atoms with van der Waals surface area (Å²) in [7, 11) is 0. The van der Waals surface area contributed by atoms with Crippen LogP contribution < -0.4 is 10.6 Å². The van der Waals surface area contributed by atoms with Gasteiger partial charge in [-0.25, -0.2) is 4.68 Å². The highest BCUT2D eigenvalue weighted by molar-refractivity contribution is 6.30. The minimum absolute atomic E-state index is 0.0839. The van der Waals surface area contributed by atoms with Crippen molar-refractivity contribution < 1.29 is 9.72 Å². The number of carbonyl (C=O) groups is 1. The molecule has 9 nitrogen and oxygen atoms in total. The number of nitrogens with zero attached hydrogens (tertiary/aromatic N) is 4. The molecule has 0 spiro atoms. The Morgan fingerprint density at radius 1 is 0.971 bits per heavy atom. The number of nitrogens with one attached hydrogen (secondary N) is 2. The number of carbonyl (C=O) groups excluding carboxylic acids is 1. The summed E-state index contributed by atoms with van der Waals surface area (Å²) in [6, 6.07) is 19.7. The molecular formula is C24H16Cl2N6O3. The van der Waals surface area contributed by atoms with Crippen LogP contribution in [0.15, 0.2) is 78.9 Å². The fourth-order valence-electron chi connectivity index (χ4n) is 3.65. The van der Waals surface area contributed by atoms with Crippen molar-refractivity contribution in [2.24, 2.45) is 0 Å². The van der Waals surface area contributed by atoms with E-state index in [-0.39, 0.29) is 23.2 Å². The minimum Gasteiger partial charge on any atom is -0.324 e. The number of benzene rings is 3. The lowest BCUT2D eigenvalue weighted by atomic mass is 10.0. The number of fused-ring (bicyclic) bond motifs is 1. The first kappa shape index (κ1) is 22.6. The van der Waals surface area contributed by atoms with Gasteiger partial charge in [0.05, 0.1) is 4.92 Å². The lowest BCUT2D eigenvalue weighted by Gasteiger charge is -2.24. The summed E-state index contributed by atoms with van der Waals surface area (Å²) in [4.78, 5) is 27.5. The van der Waals surface area contributed by atoms with Crippen LogP contribution in [0, 0.1) is 10.1 Å². The Morgan fingerprint density at radius 3 is 2.23 bits per heavy atom. The molecule has 1 amide bonds. The maximum Gasteiger partial charge on any atom is 0.269 e. The van der Waals surface area contributed by atoms with Crippen LogP contribution in [0.3, 0.4) is 0 Å². The predicted octanol–water partition coefficient (Wildman–Crippen LogP) is 5.80. The Hall–Kier alpha value is -4.21. The van der Waals surface area contributed by atoms with Gasteiger partial charge in [-0.05, 0) is 53.6 Å². The van der Waals surface area contributed by atoms with E-state index in [0.29, 0.717) is 16.0 Å². The van der Waals surface area contributed by atoms with E-state index in [2.05, 4.69) is 20.7 Å². The number of rotatable bonds is 5. The molecule has 0 fully saturated rings. The Balaban J connectivity index is 1.47. The molecule has 1 aliphatic heterocycles. The van der Waals surface area contributed by atoms with Gasteiger partial charge in [0.15, 0.2) is 0 Å². The Kier molecular flexibility index (Phi) is 5.94. The van der Waals surface area contributed by atoms with Crippen LogP contribution in [0.2, 0.25) is 10.0 Å². The van der Waals surface area contributed by atoms with Crippen LogP contribution >= 0.6 is 23.2 Å². The SMILES string of the molecule is O=C(Nc1nc2n(n1)[C@H](c1ccc(Cl)cc1)C=C(c1ccc(Cl)cc1)N2)c1ccc([N+](=O)[O-])cc1. The van der Waals surface area contributed by atoms with Crippen LogP contribution in [-0.2, 0) is 0 Å². The van der Waals surface area contributed by atoms with E-state index in [1.54, 1.807) is 28.9 Å². The van der Waals surface area contributed by atoms with Gasteiger partial charge in [-0.15, -0.1) is 5.10 Å². The number of aromatic nitrogens is 3. The first-order chi connectivity index (χ1) is 16.9. The number of nitro groups is 1. The average molecular weight is 507 g/mol. The molecule has 174 valence electrons. The summed E-state index contributed by atoms with van der Waals surface area (Å²) in [5.41, 5.74) is 2.76. The van der Waals surface area contributed by atoms with Crippen LogP contribution in [0.4, 0.5) is 17.6 Å². The summed E-state index contributed by atoms with van der Waals surface area (Å²) in [5, 5.41) is 22.5. The fraction of sp³-hybridized carbons (Fsp3) is 0.0417. The van der Waals surface area contributed by atoms with E-state index < -0.39 is 10.8 Å². The molecule has 2 N–H and O–H groups in total. The van der Waals surface area contributed by atoms with Gasteiger partial charge in [0.2, 0.25) is 5.95 Å². The van der Waals surface area contributed by atoms with Gasteiger partial charge in [-0.1, -0.05) is 47.5 Å². The third-order valence-corrected chi connectivity index (χ3v) is 5.90. The summed E-state index contributed by atoms with van der Waals surface area (Å²) in [5.74, 6) is 0.0220. The van der Waals surface area contributed by atoms with Crippen LogP contribution in [0.1, 0.15) is 27.5 Å². The Labute approximate surface area is 209 Å². The summed E-state index contributed by atoms with van der Waals surface area (Å²) < 4.78 is 1.66. The number of anilines is 2. The number of amides is 1. The molecule has 35 heavy (non-hydrogen) atoms. The van der Waals surface area contributed by atoms with Crippen molar-refractivity contribution in [1.82, 2.24) is 14.8 Å². The van der Waals surface area contributed by atoms with E-state index in [1.165, 1.54) is 24.3 Å². The quantitative estimate of drug-likeness (QED) is 0.261. The van der Waals surface area contributed by atoms with Gasteiger partial charge in [0, 0.05) is 33.4 Å². The van der Waals surface area contributed by atoms with Gasteiger partial charge < -0.3 is 5.32 Å². The largest absolute Gasteiger partial charge is 0.324 e. The van der Waals surface area contributed by atoms with Crippen molar-refractivity contribution in [2.45, 2.75) is 6.04 Å². The molecule has 1 aromatic heterocycles. The van der Waals surface area contributed by atoms with Crippen molar-refractivity contribution in [2.75, 3.05) is 10.6 Å². The molecule has 4 aromatic rings. The first-order valence-electron chi connectivity index (χ1n) is 10.4. The normalized spacial score (nSPS) is 14.5. The second-order valence-corrected chi connectivity index (χ2v) is 8.54. The lowest BCUT2D eigenvalue weighted by Crippen LogP contribution is -2.20. The molecule has 0 saturated heterocycles. The zero-order chi connectivity index (χ0) is 24.5. The second-order valence-electron chi connectivity index (χ2n) is 7.67. The standard InChI is InChI=1S/C24H16Cl2N6O3/c25-17-7-1-14(2-8-17)20-13-21(15-3-9-18(26)10-4-15)31-24(27-20)29-23(30-31)28-22(33)16-5-11-19(12-6-16)32(34)35/h1-13,21H,(H2,27,28,29,30,33)/t21-/m0/s1. The average Bonchev–Trinajstić information content (AvgIpc) is 3.27. The van der Waals surface area contributed by atoms with Gasteiger partial charge in [0.25, 0.3) is 17.5 Å². The number of hydrogen-bond acceptors (Lipinski definition) is 6. The predicted molar refractivity (Wildman–Crippen MR) is 134 cm³/mol. The smallest absolute Gasteiger partial charge is 0.269 e. The van der Waals surface area contributed by atoms with Crippen molar-refractivity contribution in [1.29, 1.82) is 0 Å². The molecule has 2 heterocycles.